The second kappa shape index (κ2) is 7.38. The molecule has 2 atom stereocenters. The molecule has 0 aromatic heterocycles. The number of rotatable bonds is 6. The number of nitrogens with one attached hydrogen (secondary N) is 1. The van der Waals surface area contributed by atoms with Gasteiger partial charge in [-0.3, -0.25) is 4.79 Å². The molecule has 2 aromatic carbocycles. The highest BCUT2D eigenvalue weighted by molar-refractivity contribution is 5.85. The molecule has 0 saturated heterocycles. The molecule has 0 fully saturated rings. The SMILES string of the molecule is COc1cccc(C(NC(=O)CC2CCc3ccccc32)C(=O)O)c1. The van der Waals surface area contributed by atoms with E-state index in [4.69, 9.17) is 4.74 Å². The van der Waals surface area contributed by atoms with Crippen molar-refractivity contribution in [1.29, 1.82) is 0 Å². The molecule has 2 N–H and O–H groups in total. The topological polar surface area (TPSA) is 75.6 Å². The highest BCUT2D eigenvalue weighted by atomic mass is 16.5. The van der Waals surface area contributed by atoms with Crippen molar-refractivity contribution in [3.8, 4) is 5.75 Å². The zero-order valence-corrected chi connectivity index (χ0v) is 14.1. The molecule has 25 heavy (non-hydrogen) atoms. The zero-order chi connectivity index (χ0) is 17.8. The van der Waals surface area contributed by atoms with Crippen molar-refractivity contribution in [3.05, 3.63) is 65.2 Å². The van der Waals surface area contributed by atoms with Gasteiger partial charge in [0, 0.05) is 6.42 Å². The van der Waals surface area contributed by atoms with Gasteiger partial charge in [0.25, 0.3) is 0 Å². The maximum atomic E-state index is 12.4. The fourth-order valence-corrected chi connectivity index (χ4v) is 3.41. The summed E-state index contributed by atoms with van der Waals surface area (Å²) in [5, 5.41) is 12.1. The van der Waals surface area contributed by atoms with Gasteiger partial charge in [-0.2, -0.15) is 0 Å². The van der Waals surface area contributed by atoms with Crippen LogP contribution in [0.4, 0.5) is 0 Å². The van der Waals surface area contributed by atoms with E-state index < -0.39 is 12.0 Å². The summed E-state index contributed by atoms with van der Waals surface area (Å²) in [5.41, 5.74) is 2.97. The van der Waals surface area contributed by atoms with Gasteiger partial charge in [0.05, 0.1) is 7.11 Å². The molecule has 5 nitrogen and oxygen atoms in total. The fourth-order valence-electron chi connectivity index (χ4n) is 3.41. The molecule has 1 amide bonds. The highest BCUT2D eigenvalue weighted by Gasteiger charge is 2.27. The van der Waals surface area contributed by atoms with Crippen molar-refractivity contribution in [2.75, 3.05) is 7.11 Å². The molecule has 0 saturated carbocycles. The van der Waals surface area contributed by atoms with Crippen molar-refractivity contribution in [2.45, 2.75) is 31.2 Å². The van der Waals surface area contributed by atoms with E-state index in [9.17, 15) is 14.7 Å². The molecule has 5 heteroatoms. The van der Waals surface area contributed by atoms with Crippen LogP contribution in [0.2, 0.25) is 0 Å². The number of aliphatic carboxylic acids is 1. The first-order valence-corrected chi connectivity index (χ1v) is 8.32. The summed E-state index contributed by atoms with van der Waals surface area (Å²) in [6.07, 6.45) is 2.18. The first-order chi connectivity index (χ1) is 12.1. The predicted octanol–water partition coefficient (Wildman–Crippen LogP) is 3.06. The lowest BCUT2D eigenvalue weighted by Gasteiger charge is -2.17. The number of carboxylic acids is 1. The lowest BCUT2D eigenvalue weighted by molar-refractivity contribution is -0.142. The number of benzene rings is 2. The van der Waals surface area contributed by atoms with Crippen LogP contribution in [0.3, 0.4) is 0 Å². The number of amides is 1. The van der Waals surface area contributed by atoms with Crippen LogP contribution in [0, 0.1) is 0 Å². The normalized spacial score (nSPS) is 16.8. The van der Waals surface area contributed by atoms with E-state index >= 15 is 0 Å². The predicted molar refractivity (Wildman–Crippen MR) is 93.6 cm³/mol. The Morgan fingerprint density at radius 1 is 1.24 bits per heavy atom. The summed E-state index contributed by atoms with van der Waals surface area (Å²) in [4.78, 5) is 24.1. The van der Waals surface area contributed by atoms with Crippen LogP contribution >= 0.6 is 0 Å². The first-order valence-electron chi connectivity index (χ1n) is 8.32. The number of aryl methyl sites for hydroxylation is 1. The Balaban J connectivity index is 1.70. The molecular formula is C20H21NO4. The summed E-state index contributed by atoms with van der Waals surface area (Å²) < 4.78 is 5.13. The third kappa shape index (κ3) is 3.82. The number of carboxylic acid groups (broad SMARTS) is 1. The molecule has 2 unspecified atom stereocenters. The summed E-state index contributed by atoms with van der Waals surface area (Å²) >= 11 is 0. The number of fused-ring (bicyclic) bond motifs is 1. The van der Waals surface area contributed by atoms with Crippen LogP contribution in [0.1, 0.15) is 41.5 Å². The summed E-state index contributed by atoms with van der Waals surface area (Å²) in [7, 11) is 1.52. The van der Waals surface area contributed by atoms with Crippen LogP contribution in [0.15, 0.2) is 48.5 Å². The van der Waals surface area contributed by atoms with Gasteiger partial charge in [-0.05, 0) is 47.6 Å². The van der Waals surface area contributed by atoms with Crippen molar-refractivity contribution in [1.82, 2.24) is 5.32 Å². The van der Waals surface area contributed by atoms with Crippen LogP contribution in [-0.4, -0.2) is 24.1 Å². The summed E-state index contributed by atoms with van der Waals surface area (Å²) in [5.74, 6) is -0.635. The third-order valence-corrected chi connectivity index (χ3v) is 4.67. The van der Waals surface area contributed by atoms with Gasteiger partial charge >= 0.3 is 5.97 Å². The zero-order valence-electron chi connectivity index (χ0n) is 14.1. The molecule has 1 aliphatic carbocycles. The summed E-state index contributed by atoms with van der Waals surface area (Å²) in [6, 6.07) is 13.8. The number of ether oxygens (including phenoxy) is 1. The van der Waals surface area contributed by atoms with E-state index in [1.807, 2.05) is 12.1 Å². The standard InChI is InChI=1S/C20H21NO4/c1-25-16-7-4-6-15(11-16)19(20(23)24)21-18(22)12-14-10-9-13-5-2-3-8-17(13)14/h2-8,11,14,19H,9-10,12H2,1H3,(H,21,22)(H,23,24). The molecule has 1 aliphatic rings. The van der Waals surface area contributed by atoms with Crippen molar-refractivity contribution >= 4 is 11.9 Å². The molecule has 0 bridgehead atoms. The monoisotopic (exact) mass is 339 g/mol. The molecule has 3 rings (SSSR count). The van der Waals surface area contributed by atoms with Gasteiger partial charge in [-0.15, -0.1) is 0 Å². The van der Waals surface area contributed by atoms with Crippen molar-refractivity contribution in [3.63, 3.8) is 0 Å². The van der Waals surface area contributed by atoms with Gasteiger partial charge in [0.2, 0.25) is 5.91 Å². The first kappa shape index (κ1) is 17.0. The van der Waals surface area contributed by atoms with E-state index in [0.717, 1.165) is 12.8 Å². The van der Waals surface area contributed by atoms with Crippen LogP contribution < -0.4 is 10.1 Å². The van der Waals surface area contributed by atoms with Gasteiger partial charge < -0.3 is 15.2 Å². The van der Waals surface area contributed by atoms with Crippen molar-refractivity contribution < 1.29 is 19.4 Å². The molecule has 2 aromatic rings. The Kier molecular flexibility index (Phi) is 5.03. The van der Waals surface area contributed by atoms with Crippen LogP contribution in [0.5, 0.6) is 5.75 Å². The van der Waals surface area contributed by atoms with E-state index in [2.05, 4.69) is 17.4 Å². The number of hydrogen-bond acceptors (Lipinski definition) is 3. The minimum atomic E-state index is -1.09. The van der Waals surface area contributed by atoms with Crippen molar-refractivity contribution in [2.24, 2.45) is 0 Å². The minimum absolute atomic E-state index is 0.149. The second-order valence-corrected chi connectivity index (χ2v) is 6.25. The van der Waals surface area contributed by atoms with E-state index in [-0.39, 0.29) is 11.8 Å². The Morgan fingerprint density at radius 3 is 2.80 bits per heavy atom. The minimum Gasteiger partial charge on any atom is -0.497 e. The largest absolute Gasteiger partial charge is 0.497 e. The number of carbonyl (C=O) groups excluding carboxylic acids is 1. The Morgan fingerprint density at radius 2 is 2.04 bits per heavy atom. The van der Waals surface area contributed by atoms with Crippen LogP contribution in [0.25, 0.3) is 0 Å². The molecular weight excluding hydrogens is 318 g/mol. The Labute approximate surface area is 146 Å². The molecule has 0 radical (unpaired) electrons. The van der Waals surface area contributed by atoms with E-state index in [1.165, 1.54) is 18.2 Å². The van der Waals surface area contributed by atoms with Crippen LogP contribution in [-0.2, 0) is 16.0 Å². The number of carbonyl (C=O) groups is 2. The lowest BCUT2D eigenvalue weighted by Crippen LogP contribution is -2.34. The molecule has 130 valence electrons. The van der Waals surface area contributed by atoms with Gasteiger partial charge in [0.1, 0.15) is 5.75 Å². The highest BCUT2D eigenvalue weighted by Crippen LogP contribution is 2.35. The summed E-state index contributed by atoms with van der Waals surface area (Å²) in [6.45, 7) is 0. The quantitative estimate of drug-likeness (QED) is 0.848. The Bertz CT molecular complexity index is 787. The van der Waals surface area contributed by atoms with Gasteiger partial charge in [0.15, 0.2) is 6.04 Å². The fraction of sp³-hybridized carbons (Fsp3) is 0.300. The average molecular weight is 339 g/mol. The smallest absolute Gasteiger partial charge is 0.330 e. The Hall–Kier alpha value is -2.82. The maximum Gasteiger partial charge on any atom is 0.330 e. The number of methoxy groups -OCH3 is 1. The van der Waals surface area contributed by atoms with Gasteiger partial charge in [-0.1, -0.05) is 36.4 Å². The third-order valence-electron chi connectivity index (χ3n) is 4.67. The lowest BCUT2D eigenvalue weighted by atomic mass is 9.97. The van der Waals surface area contributed by atoms with Gasteiger partial charge in [-0.25, -0.2) is 4.79 Å². The molecule has 0 spiro atoms. The average Bonchev–Trinajstić information content (AvgIpc) is 3.02. The molecule has 0 aliphatic heterocycles. The van der Waals surface area contributed by atoms with E-state index in [0.29, 0.717) is 17.7 Å². The second-order valence-electron chi connectivity index (χ2n) is 6.25. The van der Waals surface area contributed by atoms with E-state index in [1.54, 1.807) is 24.3 Å². The number of hydrogen-bond donors (Lipinski definition) is 2. The maximum absolute atomic E-state index is 12.4. The molecule has 0 heterocycles.